The van der Waals surface area contributed by atoms with Gasteiger partial charge in [0.25, 0.3) is 0 Å². The van der Waals surface area contributed by atoms with Gasteiger partial charge in [-0.2, -0.15) is 0 Å². The topological polar surface area (TPSA) is 82.4 Å². The lowest BCUT2D eigenvalue weighted by atomic mass is 9.93. The Bertz CT molecular complexity index is 1590. The van der Waals surface area contributed by atoms with E-state index in [0.29, 0.717) is 35.3 Å². The van der Waals surface area contributed by atoms with Gasteiger partial charge in [-0.3, -0.25) is 4.79 Å². The number of carbonyl (C=O) groups excluding carboxylic acids is 1. The van der Waals surface area contributed by atoms with E-state index in [1.54, 1.807) is 43.3 Å². The molecule has 1 aliphatic heterocycles. The number of hydrogen-bond donors (Lipinski definition) is 1. The van der Waals surface area contributed by atoms with Crippen LogP contribution in [0.4, 0.5) is 10.1 Å². The molecule has 0 amide bonds. The summed E-state index contributed by atoms with van der Waals surface area (Å²) < 4.78 is 21.4. The second kappa shape index (κ2) is 17.8. The summed E-state index contributed by atoms with van der Waals surface area (Å²) in [5.74, 6) is -0.399. The van der Waals surface area contributed by atoms with Crippen molar-refractivity contribution in [1.29, 1.82) is 0 Å². The molecular weight excluding hydrogens is 593 g/mol. The predicted octanol–water partition coefficient (Wildman–Crippen LogP) is 8.92. The summed E-state index contributed by atoms with van der Waals surface area (Å²) in [6.45, 7) is 12.4. The Balaban J connectivity index is 0.000000676. The van der Waals surface area contributed by atoms with E-state index in [1.165, 1.54) is 25.3 Å². The lowest BCUT2D eigenvalue weighted by Gasteiger charge is -2.33. The van der Waals surface area contributed by atoms with Gasteiger partial charge in [0.15, 0.2) is 0 Å². The number of aliphatic imine (C=N–C) groups is 1. The van der Waals surface area contributed by atoms with Crippen LogP contribution in [-0.2, 0) is 11.4 Å². The molecule has 7 nitrogen and oxygen atoms in total. The zero-order valence-corrected chi connectivity index (χ0v) is 28.6. The molecule has 1 N–H and O–H groups in total. The lowest BCUT2D eigenvalue weighted by Crippen LogP contribution is -2.39. The predicted molar refractivity (Wildman–Crippen MR) is 190 cm³/mol. The Hall–Kier alpha value is -4.72. The van der Waals surface area contributed by atoms with Gasteiger partial charge in [0, 0.05) is 31.9 Å². The third-order valence-electron chi connectivity index (χ3n) is 8.17. The number of benzene rings is 3. The smallest absolute Gasteiger partial charge is 0.335 e. The number of ether oxygens (including phenoxy) is 1. The van der Waals surface area contributed by atoms with E-state index in [4.69, 9.17) is 4.74 Å². The number of rotatable bonds is 9. The van der Waals surface area contributed by atoms with Crippen LogP contribution < -0.4 is 9.64 Å². The molecule has 2 aliphatic rings. The second-order valence-corrected chi connectivity index (χ2v) is 11.6. The molecule has 0 radical (unpaired) electrons. The summed E-state index contributed by atoms with van der Waals surface area (Å²) in [6.07, 6.45) is 8.39. The molecule has 0 spiro atoms. The Labute approximate surface area is 279 Å². The molecule has 1 heterocycles. The molecule has 0 aromatic heterocycles. The van der Waals surface area contributed by atoms with Crippen molar-refractivity contribution in [2.45, 2.75) is 72.4 Å². The number of carbonyl (C=O) groups is 2. The molecule has 0 bridgehead atoms. The Morgan fingerprint density at radius 3 is 2.26 bits per heavy atom. The Morgan fingerprint density at radius 2 is 1.70 bits per heavy atom. The van der Waals surface area contributed by atoms with Gasteiger partial charge in [-0.05, 0) is 85.4 Å². The fourth-order valence-corrected chi connectivity index (χ4v) is 5.49. The van der Waals surface area contributed by atoms with Gasteiger partial charge >= 0.3 is 5.97 Å². The summed E-state index contributed by atoms with van der Waals surface area (Å²) in [5.41, 5.74) is 5.73. The molecule has 5 rings (SSSR count). The first kappa shape index (κ1) is 36.7. The van der Waals surface area contributed by atoms with Gasteiger partial charge in [-0.15, -0.1) is 0 Å². The summed E-state index contributed by atoms with van der Waals surface area (Å²) in [7, 11) is 3.95. The second-order valence-electron chi connectivity index (χ2n) is 11.6. The molecule has 0 atom stereocenters. The molecular formula is C39H48FN3O4. The zero-order chi connectivity index (χ0) is 34.5. The van der Waals surface area contributed by atoms with Crippen molar-refractivity contribution >= 4 is 23.8 Å². The first-order valence-electron chi connectivity index (χ1n) is 16.3. The first-order chi connectivity index (χ1) is 22.6. The summed E-state index contributed by atoms with van der Waals surface area (Å²) in [4.78, 5) is 30.1. The number of aldehydes is 1. The Morgan fingerprint density at radius 1 is 1.04 bits per heavy atom. The molecule has 250 valence electrons. The maximum absolute atomic E-state index is 15.4. The maximum Gasteiger partial charge on any atom is 0.335 e. The number of anilines is 1. The molecule has 0 saturated heterocycles. The zero-order valence-electron chi connectivity index (χ0n) is 28.6. The summed E-state index contributed by atoms with van der Waals surface area (Å²) in [5, 5.41) is 9.54. The molecule has 1 fully saturated rings. The maximum atomic E-state index is 15.4. The normalized spacial score (nSPS) is 14.7. The minimum atomic E-state index is -1.01. The van der Waals surface area contributed by atoms with E-state index in [-0.39, 0.29) is 12.2 Å². The van der Waals surface area contributed by atoms with Crippen LogP contribution >= 0.6 is 0 Å². The molecule has 1 aliphatic carbocycles. The van der Waals surface area contributed by atoms with Gasteiger partial charge < -0.3 is 19.6 Å². The molecule has 8 heteroatoms. The summed E-state index contributed by atoms with van der Waals surface area (Å²) >= 11 is 0. The van der Waals surface area contributed by atoms with E-state index < -0.39 is 11.8 Å². The van der Waals surface area contributed by atoms with Crippen LogP contribution in [0.25, 0.3) is 11.1 Å². The minimum Gasteiger partial charge on any atom is -0.489 e. The highest BCUT2D eigenvalue weighted by atomic mass is 19.1. The van der Waals surface area contributed by atoms with Crippen molar-refractivity contribution in [3.63, 3.8) is 0 Å². The largest absolute Gasteiger partial charge is 0.489 e. The van der Waals surface area contributed by atoms with E-state index in [9.17, 15) is 14.7 Å². The van der Waals surface area contributed by atoms with Gasteiger partial charge in [0.05, 0.1) is 23.4 Å². The van der Waals surface area contributed by atoms with Gasteiger partial charge in [-0.25, -0.2) is 14.2 Å². The minimum absolute atomic E-state index is 0.0939. The van der Waals surface area contributed by atoms with Crippen LogP contribution in [0.15, 0.2) is 89.6 Å². The van der Waals surface area contributed by atoms with Gasteiger partial charge in [0.1, 0.15) is 30.3 Å². The van der Waals surface area contributed by atoms with Crippen LogP contribution in [0.1, 0.15) is 81.3 Å². The third-order valence-corrected chi connectivity index (χ3v) is 8.17. The van der Waals surface area contributed by atoms with Crippen LogP contribution in [0.2, 0.25) is 0 Å². The number of halogens is 1. The van der Waals surface area contributed by atoms with Crippen molar-refractivity contribution in [2.24, 2.45) is 4.99 Å². The van der Waals surface area contributed by atoms with Crippen molar-refractivity contribution < 1.29 is 23.8 Å². The molecule has 3 aromatic rings. The standard InChI is InChI=1S/C32H34FN3O3.C5H8O.C2H6/c1-21-19-36(26-7-5-4-6-8-26)31(34-21)29-16-14-27(18-30(29)33)39-20-24-17-23(32(37)38)11-15-28(24)22-9-12-25(13-10-22)35(2)3;1-3-5(2)4-6;1-2/h9-18,26H,1,4-8,19-20H2,2-3H3,(H,37,38);3-4H,1-2H3;1-2H3/b;5-3+;. The van der Waals surface area contributed by atoms with Crippen molar-refractivity contribution in [2.75, 3.05) is 25.5 Å². The quantitative estimate of drug-likeness (QED) is 0.186. The SMILES string of the molecule is C/C=C(\C)C=O.C=C1CN(C2CCCCC2)C(c2ccc(OCc3cc(C(=O)O)ccc3-c3ccc(N(C)C)cc3)cc2F)=N1.CC. The summed E-state index contributed by atoms with van der Waals surface area (Å²) in [6, 6.07) is 18.2. The molecule has 0 unspecified atom stereocenters. The fourth-order valence-electron chi connectivity index (χ4n) is 5.49. The van der Waals surface area contributed by atoms with Crippen LogP contribution in [0.5, 0.6) is 5.75 Å². The molecule has 3 aromatic carbocycles. The van der Waals surface area contributed by atoms with Crippen LogP contribution in [0, 0.1) is 5.82 Å². The molecule has 1 saturated carbocycles. The average Bonchev–Trinajstić information content (AvgIpc) is 3.49. The third kappa shape index (κ3) is 9.88. The van der Waals surface area contributed by atoms with E-state index in [2.05, 4.69) is 16.5 Å². The van der Waals surface area contributed by atoms with Crippen LogP contribution in [0.3, 0.4) is 0 Å². The Kier molecular flexibility index (Phi) is 13.9. The highest BCUT2D eigenvalue weighted by Crippen LogP contribution is 2.31. The lowest BCUT2D eigenvalue weighted by molar-refractivity contribution is -0.104. The first-order valence-corrected chi connectivity index (χ1v) is 16.3. The number of carboxylic acids is 1. The van der Waals surface area contributed by atoms with Gasteiger partial charge in [-0.1, -0.05) is 64.0 Å². The van der Waals surface area contributed by atoms with Gasteiger partial charge in [0.2, 0.25) is 0 Å². The number of allylic oxidation sites excluding steroid dienone is 2. The molecule has 47 heavy (non-hydrogen) atoms. The number of aromatic carboxylic acids is 1. The van der Waals surface area contributed by atoms with E-state index >= 15 is 4.39 Å². The number of nitrogens with zero attached hydrogens (tertiary/aromatic N) is 3. The van der Waals surface area contributed by atoms with Crippen molar-refractivity contribution in [3.05, 3.63) is 107 Å². The van der Waals surface area contributed by atoms with E-state index in [0.717, 1.165) is 47.2 Å². The fraction of sp³-hybridized carbons (Fsp3) is 0.359. The van der Waals surface area contributed by atoms with Crippen LogP contribution in [-0.4, -0.2) is 54.8 Å². The highest BCUT2D eigenvalue weighted by molar-refractivity contribution is 6.01. The van der Waals surface area contributed by atoms with Crippen molar-refractivity contribution in [3.8, 4) is 16.9 Å². The monoisotopic (exact) mass is 641 g/mol. The number of carboxylic acid groups (broad SMARTS) is 1. The number of hydrogen-bond acceptors (Lipinski definition) is 6. The number of amidine groups is 1. The van der Waals surface area contributed by atoms with Crippen molar-refractivity contribution in [1.82, 2.24) is 4.90 Å². The highest BCUT2D eigenvalue weighted by Gasteiger charge is 2.30. The average molecular weight is 642 g/mol. The van der Waals surface area contributed by atoms with E-state index in [1.807, 2.05) is 64.0 Å².